The van der Waals surface area contributed by atoms with Gasteiger partial charge < -0.3 is 9.13 Å². The van der Waals surface area contributed by atoms with Crippen molar-refractivity contribution in [1.82, 2.24) is 19.1 Å². The third-order valence-electron chi connectivity index (χ3n) is 3.30. The molecule has 0 saturated carbocycles. The van der Waals surface area contributed by atoms with Gasteiger partial charge in [-0.1, -0.05) is 0 Å². The molecule has 0 radical (unpaired) electrons. The molecule has 0 aliphatic carbocycles. The topological polar surface area (TPSA) is 52.7 Å². The van der Waals surface area contributed by atoms with E-state index >= 15 is 0 Å². The van der Waals surface area contributed by atoms with Crippen LogP contribution in [0.25, 0.3) is 11.0 Å². The minimum absolute atomic E-state index is 0.686. The van der Waals surface area contributed by atoms with Gasteiger partial charge in [0, 0.05) is 48.8 Å². The minimum Gasteiger partial charge on any atom is -0.333 e. The molecular formula is C14H14N4O. The van der Waals surface area contributed by atoms with E-state index in [4.69, 9.17) is 0 Å². The lowest BCUT2D eigenvalue weighted by molar-refractivity contribution is 0.112. The zero-order valence-electron chi connectivity index (χ0n) is 10.7. The molecule has 3 heterocycles. The SMILES string of the molecule is Cc1nccn1CCn1cc(C=O)c2cccnc21. The highest BCUT2D eigenvalue weighted by molar-refractivity contribution is 5.95. The molecule has 0 fully saturated rings. The molecule has 0 spiro atoms. The Morgan fingerprint density at radius 2 is 2.05 bits per heavy atom. The Morgan fingerprint density at radius 1 is 1.21 bits per heavy atom. The van der Waals surface area contributed by atoms with Crippen molar-refractivity contribution in [3.8, 4) is 0 Å². The number of fused-ring (bicyclic) bond motifs is 1. The van der Waals surface area contributed by atoms with E-state index in [2.05, 4.69) is 14.5 Å². The normalized spacial score (nSPS) is 11.0. The first kappa shape index (κ1) is 11.6. The number of nitrogens with zero attached hydrogens (tertiary/aromatic N) is 4. The Morgan fingerprint density at radius 3 is 2.79 bits per heavy atom. The summed E-state index contributed by atoms with van der Waals surface area (Å²) in [4.78, 5) is 19.6. The molecule has 3 aromatic rings. The second-order valence-corrected chi connectivity index (χ2v) is 4.44. The number of hydrogen-bond acceptors (Lipinski definition) is 3. The molecule has 0 amide bonds. The lowest BCUT2D eigenvalue weighted by Crippen LogP contribution is -2.07. The van der Waals surface area contributed by atoms with Crippen LogP contribution >= 0.6 is 0 Å². The number of aryl methyl sites for hydroxylation is 3. The summed E-state index contributed by atoms with van der Waals surface area (Å²) in [5, 5.41) is 0.903. The van der Waals surface area contributed by atoms with E-state index in [-0.39, 0.29) is 0 Å². The highest BCUT2D eigenvalue weighted by Crippen LogP contribution is 2.17. The van der Waals surface area contributed by atoms with Crippen LogP contribution in [0.2, 0.25) is 0 Å². The van der Waals surface area contributed by atoms with Crippen molar-refractivity contribution in [2.24, 2.45) is 0 Å². The maximum absolute atomic E-state index is 11.1. The first-order valence-electron chi connectivity index (χ1n) is 6.16. The molecule has 0 aromatic carbocycles. The van der Waals surface area contributed by atoms with Crippen molar-refractivity contribution in [3.63, 3.8) is 0 Å². The largest absolute Gasteiger partial charge is 0.333 e. The Bertz CT molecular complexity index is 726. The molecule has 5 heteroatoms. The Hall–Kier alpha value is -2.43. The van der Waals surface area contributed by atoms with Crippen molar-refractivity contribution >= 4 is 17.3 Å². The van der Waals surface area contributed by atoms with Crippen LogP contribution in [-0.2, 0) is 13.1 Å². The van der Waals surface area contributed by atoms with Gasteiger partial charge >= 0.3 is 0 Å². The van der Waals surface area contributed by atoms with E-state index in [0.29, 0.717) is 5.56 Å². The molecule has 0 N–H and O–H groups in total. The molecule has 0 saturated heterocycles. The molecule has 0 atom stereocenters. The van der Waals surface area contributed by atoms with Gasteiger partial charge in [-0.05, 0) is 19.1 Å². The molecule has 5 nitrogen and oxygen atoms in total. The van der Waals surface area contributed by atoms with E-state index in [1.807, 2.05) is 36.0 Å². The Labute approximate surface area is 110 Å². The van der Waals surface area contributed by atoms with E-state index in [0.717, 1.165) is 36.2 Å². The molecule has 0 bridgehead atoms. The monoisotopic (exact) mass is 254 g/mol. The fraction of sp³-hybridized carbons (Fsp3) is 0.214. The average molecular weight is 254 g/mol. The van der Waals surface area contributed by atoms with Gasteiger partial charge in [0.2, 0.25) is 0 Å². The van der Waals surface area contributed by atoms with Gasteiger partial charge in [0.05, 0.1) is 0 Å². The summed E-state index contributed by atoms with van der Waals surface area (Å²) in [6.07, 6.45) is 8.23. The molecule has 0 aliphatic rings. The van der Waals surface area contributed by atoms with Gasteiger partial charge in [-0.25, -0.2) is 9.97 Å². The molecule has 3 aromatic heterocycles. The van der Waals surface area contributed by atoms with E-state index < -0.39 is 0 Å². The van der Waals surface area contributed by atoms with Crippen molar-refractivity contribution in [1.29, 1.82) is 0 Å². The van der Waals surface area contributed by atoms with Crippen LogP contribution in [0.5, 0.6) is 0 Å². The predicted octanol–water partition coefficient (Wildman–Crippen LogP) is 2.05. The number of carbonyl (C=O) groups excluding carboxylic acids is 1. The summed E-state index contributed by atoms with van der Waals surface area (Å²) in [5.41, 5.74) is 1.54. The number of carbonyl (C=O) groups is 1. The summed E-state index contributed by atoms with van der Waals surface area (Å²) in [6.45, 7) is 3.55. The number of hydrogen-bond donors (Lipinski definition) is 0. The van der Waals surface area contributed by atoms with Gasteiger partial charge in [0.1, 0.15) is 11.5 Å². The van der Waals surface area contributed by atoms with Gasteiger partial charge in [0.15, 0.2) is 6.29 Å². The molecule has 0 unspecified atom stereocenters. The lowest BCUT2D eigenvalue weighted by atomic mass is 10.2. The highest BCUT2D eigenvalue weighted by Gasteiger charge is 2.08. The van der Waals surface area contributed by atoms with Crippen LogP contribution in [0.3, 0.4) is 0 Å². The summed E-state index contributed by atoms with van der Waals surface area (Å²) in [6, 6.07) is 3.77. The number of imidazole rings is 1. The number of pyridine rings is 1. The summed E-state index contributed by atoms with van der Waals surface area (Å²) >= 11 is 0. The van der Waals surface area contributed by atoms with Crippen molar-refractivity contribution in [2.45, 2.75) is 20.0 Å². The van der Waals surface area contributed by atoms with Crippen LogP contribution in [0.1, 0.15) is 16.2 Å². The maximum Gasteiger partial charge on any atom is 0.152 e. The van der Waals surface area contributed by atoms with Gasteiger partial charge in [-0.15, -0.1) is 0 Å². The quantitative estimate of drug-likeness (QED) is 0.670. The van der Waals surface area contributed by atoms with Gasteiger partial charge in [-0.2, -0.15) is 0 Å². The van der Waals surface area contributed by atoms with E-state index in [1.165, 1.54) is 0 Å². The van der Waals surface area contributed by atoms with Crippen LogP contribution in [-0.4, -0.2) is 25.4 Å². The summed E-state index contributed by atoms with van der Waals surface area (Å²) in [5.74, 6) is 0.986. The number of rotatable bonds is 4. The average Bonchev–Trinajstić information content (AvgIpc) is 3.00. The zero-order valence-corrected chi connectivity index (χ0v) is 10.7. The maximum atomic E-state index is 11.1. The Kier molecular flexibility index (Phi) is 2.87. The van der Waals surface area contributed by atoms with Crippen molar-refractivity contribution < 1.29 is 4.79 Å². The van der Waals surface area contributed by atoms with Crippen molar-refractivity contribution in [2.75, 3.05) is 0 Å². The Balaban J connectivity index is 1.93. The fourth-order valence-electron chi connectivity index (χ4n) is 2.27. The standard InChI is InChI=1S/C14H14N4O/c1-11-15-5-6-17(11)7-8-18-9-12(10-19)13-3-2-4-16-14(13)18/h2-6,9-10H,7-8H2,1H3. The molecular weight excluding hydrogens is 240 g/mol. The van der Waals surface area contributed by atoms with Crippen LogP contribution in [0.4, 0.5) is 0 Å². The van der Waals surface area contributed by atoms with Gasteiger partial charge in [0.25, 0.3) is 0 Å². The minimum atomic E-state index is 0.686. The number of aromatic nitrogens is 4. The third-order valence-corrected chi connectivity index (χ3v) is 3.30. The lowest BCUT2D eigenvalue weighted by Gasteiger charge is -2.07. The van der Waals surface area contributed by atoms with Crippen molar-refractivity contribution in [3.05, 3.63) is 48.3 Å². The first-order chi connectivity index (χ1) is 9.29. The molecule has 3 rings (SSSR count). The van der Waals surface area contributed by atoms with Gasteiger partial charge in [-0.3, -0.25) is 4.79 Å². The van der Waals surface area contributed by atoms with E-state index in [1.54, 1.807) is 12.4 Å². The van der Waals surface area contributed by atoms with E-state index in [9.17, 15) is 4.79 Å². The first-order valence-corrected chi connectivity index (χ1v) is 6.16. The predicted molar refractivity (Wildman–Crippen MR) is 72.1 cm³/mol. The molecule has 0 aliphatic heterocycles. The second kappa shape index (κ2) is 4.68. The zero-order chi connectivity index (χ0) is 13.2. The van der Waals surface area contributed by atoms with Crippen LogP contribution in [0.15, 0.2) is 36.9 Å². The highest BCUT2D eigenvalue weighted by atomic mass is 16.1. The molecule has 96 valence electrons. The summed E-state index contributed by atoms with van der Waals surface area (Å²) < 4.78 is 4.09. The number of aldehydes is 1. The molecule has 19 heavy (non-hydrogen) atoms. The summed E-state index contributed by atoms with van der Waals surface area (Å²) in [7, 11) is 0. The second-order valence-electron chi connectivity index (χ2n) is 4.44. The van der Waals surface area contributed by atoms with Crippen LogP contribution in [0, 0.1) is 6.92 Å². The smallest absolute Gasteiger partial charge is 0.152 e. The fourth-order valence-corrected chi connectivity index (χ4v) is 2.27. The van der Waals surface area contributed by atoms with Crippen LogP contribution < -0.4 is 0 Å². The third kappa shape index (κ3) is 2.03.